The van der Waals surface area contributed by atoms with Gasteiger partial charge in [0, 0.05) is 13.0 Å². The number of phenolic OH excluding ortho intramolecular Hbond substituents is 1. The minimum absolute atomic E-state index is 0.0615. The third kappa shape index (κ3) is 9.28. The van der Waals surface area contributed by atoms with E-state index in [1.54, 1.807) is 30.3 Å². The molecule has 0 heterocycles. The van der Waals surface area contributed by atoms with Crippen LogP contribution in [0.25, 0.3) is 0 Å². The number of aromatic hydroxyl groups is 1. The maximum absolute atomic E-state index is 12.9. The molecule has 0 aliphatic rings. The first kappa shape index (κ1) is 29.9. The highest BCUT2D eigenvalue weighted by atomic mass is 16.5. The molecule has 2 unspecified atom stereocenters. The van der Waals surface area contributed by atoms with E-state index in [9.17, 15) is 24.3 Å². The monoisotopic (exact) mass is 530 g/mol. The predicted molar refractivity (Wildman–Crippen MR) is 138 cm³/mol. The Labute approximate surface area is 220 Å². The Morgan fingerprint density at radius 2 is 1.50 bits per heavy atom. The van der Waals surface area contributed by atoms with E-state index in [4.69, 9.17) is 20.3 Å². The second kappa shape index (κ2) is 14.4. The predicted octanol–water partition coefficient (Wildman–Crippen LogP) is 0.102. The van der Waals surface area contributed by atoms with Crippen molar-refractivity contribution in [3.63, 3.8) is 0 Å². The largest absolute Gasteiger partial charge is 0.508 e. The molecular formula is C26H34N4O8. The van der Waals surface area contributed by atoms with E-state index in [0.29, 0.717) is 17.1 Å². The van der Waals surface area contributed by atoms with Gasteiger partial charge in [0.2, 0.25) is 17.7 Å². The molecule has 0 saturated heterocycles. The van der Waals surface area contributed by atoms with Gasteiger partial charge in [0.25, 0.3) is 0 Å². The summed E-state index contributed by atoms with van der Waals surface area (Å²) in [7, 11) is 2.96. The van der Waals surface area contributed by atoms with Crippen molar-refractivity contribution in [2.45, 2.75) is 44.3 Å². The lowest BCUT2D eigenvalue weighted by Crippen LogP contribution is -2.55. The molecule has 0 spiro atoms. The first-order chi connectivity index (χ1) is 18.0. The molecule has 2 aromatic rings. The summed E-state index contributed by atoms with van der Waals surface area (Å²) in [6, 6.07) is 8.24. The highest BCUT2D eigenvalue weighted by Crippen LogP contribution is 2.28. The van der Waals surface area contributed by atoms with Crippen molar-refractivity contribution in [2.75, 3.05) is 20.8 Å². The smallest absolute Gasteiger partial charge is 0.305 e. The van der Waals surface area contributed by atoms with E-state index in [0.717, 1.165) is 5.56 Å². The van der Waals surface area contributed by atoms with E-state index in [2.05, 4.69) is 16.0 Å². The van der Waals surface area contributed by atoms with Gasteiger partial charge in [-0.15, -0.1) is 0 Å². The molecule has 38 heavy (non-hydrogen) atoms. The summed E-state index contributed by atoms with van der Waals surface area (Å²) in [6.45, 7) is 1.33. The van der Waals surface area contributed by atoms with Gasteiger partial charge < -0.3 is 41.4 Å². The highest BCUT2D eigenvalue weighted by Gasteiger charge is 2.26. The number of carboxylic acid groups (broad SMARTS) is 1. The van der Waals surface area contributed by atoms with E-state index >= 15 is 0 Å². The third-order valence-corrected chi connectivity index (χ3v) is 5.64. The summed E-state index contributed by atoms with van der Waals surface area (Å²) in [6.07, 6.45) is -0.0332. The van der Waals surface area contributed by atoms with Gasteiger partial charge in [-0.3, -0.25) is 19.2 Å². The summed E-state index contributed by atoms with van der Waals surface area (Å²) in [5.74, 6) is -1.85. The van der Waals surface area contributed by atoms with Crippen LogP contribution in [0, 0.1) is 0 Å². The van der Waals surface area contributed by atoms with Crippen molar-refractivity contribution in [1.29, 1.82) is 0 Å². The number of hydrogen-bond donors (Lipinski definition) is 6. The number of phenols is 1. The molecule has 0 bridgehead atoms. The number of amides is 3. The van der Waals surface area contributed by atoms with Gasteiger partial charge in [0.1, 0.15) is 17.8 Å². The summed E-state index contributed by atoms with van der Waals surface area (Å²) >= 11 is 0. The third-order valence-electron chi connectivity index (χ3n) is 5.64. The molecule has 0 fully saturated rings. The molecule has 2 aromatic carbocycles. The molecule has 206 valence electrons. The fourth-order valence-corrected chi connectivity index (χ4v) is 3.53. The minimum Gasteiger partial charge on any atom is -0.508 e. The van der Waals surface area contributed by atoms with E-state index in [-0.39, 0.29) is 31.6 Å². The molecule has 12 heteroatoms. The summed E-state index contributed by atoms with van der Waals surface area (Å²) in [4.78, 5) is 49.1. The number of carbonyl (C=O) groups is 4. The van der Waals surface area contributed by atoms with Gasteiger partial charge in [0.05, 0.1) is 26.7 Å². The van der Waals surface area contributed by atoms with Crippen LogP contribution in [-0.4, -0.2) is 72.8 Å². The van der Waals surface area contributed by atoms with Crippen LogP contribution < -0.4 is 31.2 Å². The number of rotatable bonds is 14. The molecular weight excluding hydrogens is 496 g/mol. The van der Waals surface area contributed by atoms with Crippen molar-refractivity contribution >= 4 is 23.7 Å². The number of aliphatic carboxylic acids is 1. The van der Waals surface area contributed by atoms with E-state index < -0.39 is 41.8 Å². The fourth-order valence-electron chi connectivity index (χ4n) is 3.53. The topological polar surface area (TPSA) is 189 Å². The van der Waals surface area contributed by atoms with Gasteiger partial charge in [-0.05, 0) is 48.7 Å². The van der Waals surface area contributed by atoms with Gasteiger partial charge in [-0.1, -0.05) is 18.2 Å². The molecule has 0 radical (unpaired) electrons. The molecule has 12 nitrogen and oxygen atoms in total. The number of benzene rings is 2. The first-order valence-corrected chi connectivity index (χ1v) is 11.9. The lowest BCUT2D eigenvalue weighted by atomic mass is 10.0. The van der Waals surface area contributed by atoms with Crippen molar-refractivity contribution in [1.82, 2.24) is 16.0 Å². The van der Waals surface area contributed by atoms with Crippen LogP contribution in [0.2, 0.25) is 0 Å². The molecule has 2 rings (SSSR count). The van der Waals surface area contributed by atoms with Gasteiger partial charge in [-0.25, -0.2) is 0 Å². The molecule has 0 aliphatic carbocycles. The lowest BCUT2D eigenvalue weighted by Gasteiger charge is -2.22. The minimum atomic E-state index is -1.08. The Balaban J connectivity index is 2.07. The summed E-state index contributed by atoms with van der Waals surface area (Å²) < 4.78 is 10.5. The molecule has 0 saturated carbocycles. The van der Waals surface area contributed by atoms with Crippen molar-refractivity contribution < 1.29 is 38.9 Å². The quantitative estimate of drug-likeness (QED) is 0.197. The normalized spacial score (nSPS) is 12.9. The van der Waals surface area contributed by atoms with Crippen molar-refractivity contribution in [3.8, 4) is 17.2 Å². The van der Waals surface area contributed by atoms with Crippen LogP contribution >= 0.6 is 0 Å². The SMILES string of the molecule is COc1ccc(CC(NC(=O)[C@@H](C)NC(=O)C(N)Cc2ccc(O)cc2)C(=O)NCCC(=O)O)cc1OC. The Hall–Kier alpha value is -4.32. The molecule has 3 amide bonds. The maximum atomic E-state index is 12.9. The summed E-state index contributed by atoms with van der Waals surface area (Å²) in [5, 5.41) is 25.9. The zero-order valence-corrected chi connectivity index (χ0v) is 21.5. The molecule has 0 aliphatic heterocycles. The summed E-state index contributed by atoms with van der Waals surface area (Å²) in [5.41, 5.74) is 7.36. The highest BCUT2D eigenvalue weighted by molar-refractivity contribution is 5.93. The Bertz CT molecular complexity index is 1120. The van der Waals surface area contributed by atoms with Gasteiger partial charge in [-0.2, -0.15) is 0 Å². The average molecular weight is 531 g/mol. The van der Waals surface area contributed by atoms with Crippen LogP contribution in [0.4, 0.5) is 0 Å². The standard InChI is InChI=1S/C26H34N4O8/c1-15(29-25(35)19(27)12-16-4-7-18(31)8-5-16)24(34)30-20(26(36)28-11-10-23(32)33)13-17-6-9-21(37-2)22(14-17)38-3/h4-9,14-15,19-20,31H,10-13,27H2,1-3H3,(H,28,36)(H,29,35)(H,30,34)(H,32,33)/t15-,19?,20?/m1/s1. The van der Waals surface area contributed by atoms with Crippen LogP contribution in [-0.2, 0) is 32.0 Å². The maximum Gasteiger partial charge on any atom is 0.305 e. The molecule has 0 aromatic heterocycles. The second-order valence-electron chi connectivity index (χ2n) is 8.60. The number of nitrogens with two attached hydrogens (primary N) is 1. The number of nitrogens with one attached hydrogen (secondary N) is 3. The number of ether oxygens (including phenoxy) is 2. The zero-order valence-electron chi connectivity index (χ0n) is 21.5. The Morgan fingerprint density at radius 1 is 0.868 bits per heavy atom. The number of carbonyl (C=O) groups excluding carboxylic acids is 3. The molecule has 7 N–H and O–H groups in total. The van der Waals surface area contributed by atoms with E-state index in [1.165, 1.54) is 33.3 Å². The van der Waals surface area contributed by atoms with Crippen LogP contribution in [0.3, 0.4) is 0 Å². The Kier molecular flexibility index (Phi) is 11.4. The second-order valence-corrected chi connectivity index (χ2v) is 8.60. The van der Waals surface area contributed by atoms with Crippen LogP contribution in [0.15, 0.2) is 42.5 Å². The average Bonchev–Trinajstić information content (AvgIpc) is 2.88. The fraction of sp³-hybridized carbons (Fsp3) is 0.385. The number of hydrogen-bond acceptors (Lipinski definition) is 8. The zero-order chi connectivity index (χ0) is 28.2. The number of carboxylic acids is 1. The van der Waals surface area contributed by atoms with Gasteiger partial charge in [0.15, 0.2) is 11.5 Å². The molecule has 3 atom stereocenters. The van der Waals surface area contributed by atoms with Crippen LogP contribution in [0.1, 0.15) is 24.5 Å². The first-order valence-electron chi connectivity index (χ1n) is 11.9. The van der Waals surface area contributed by atoms with Crippen molar-refractivity contribution in [2.24, 2.45) is 5.73 Å². The Morgan fingerprint density at radius 3 is 2.11 bits per heavy atom. The van der Waals surface area contributed by atoms with Gasteiger partial charge >= 0.3 is 5.97 Å². The number of methoxy groups -OCH3 is 2. The van der Waals surface area contributed by atoms with E-state index in [1.807, 2.05) is 0 Å². The lowest BCUT2D eigenvalue weighted by molar-refractivity contribution is -0.137. The van der Waals surface area contributed by atoms with Crippen molar-refractivity contribution in [3.05, 3.63) is 53.6 Å². The van der Waals surface area contributed by atoms with Crippen LogP contribution in [0.5, 0.6) is 17.2 Å².